The van der Waals surface area contributed by atoms with Gasteiger partial charge in [-0.25, -0.2) is 0 Å². The van der Waals surface area contributed by atoms with Gasteiger partial charge < -0.3 is 16.2 Å². The highest BCUT2D eigenvalue weighted by molar-refractivity contribution is 5.79. The van der Waals surface area contributed by atoms with Crippen LogP contribution in [0.4, 0.5) is 0 Å². The van der Waals surface area contributed by atoms with Gasteiger partial charge in [-0.05, 0) is 12.8 Å². The lowest BCUT2D eigenvalue weighted by Gasteiger charge is -2.25. The van der Waals surface area contributed by atoms with E-state index in [1.807, 2.05) is 0 Å². The third-order valence-electron chi connectivity index (χ3n) is 2.03. The molecule has 1 fully saturated rings. The second kappa shape index (κ2) is 3.69. The Kier molecular flexibility index (Phi) is 2.84. The second-order valence-corrected chi connectivity index (χ2v) is 2.84. The molecule has 1 saturated heterocycles. The Balaban J connectivity index is 2.47. The first-order valence-electron chi connectivity index (χ1n) is 3.91. The van der Waals surface area contributed by atoms with Crippen LogP contribution >= 0.6 is 0 Å². The van der Waals surface area contributed by atoms with Crippen LogP contribution in [0.5, 0.6) is 0 Å². The zero-order valence-electron chi connectivity index (χ0n) is 6.42. The molecule has 1 heterocycles. The molecule has 0 radical (unpaired) electrons. The third kappa shape index (κ3) is 1.91. The van der Waals surface area contributed by atoms with Crippen LogP contribution in [0.25, 0.3) is 0 Å². The number of rotatable bonds is 2. The molecule has 0 saturated carbocycles. The summed E-state index contributed by atoms with van der Waals surface area (Å²) in [4.78, 5) is 11.1. The van der Waals surface area contributed by atoms with Crippen molar-refractivity contribution in [1.29, 1.82) is 0 Å². The molecule has 0 aromatic heterocycles. The van der Waals surface area contributed by atoms with Gasteiger partial charge >= 0.3 is 0 Å². The number of nitrogens with one attached hydrogen (secondary N) is 1. The molecule has 0 aliphatic carbocycles. The molecule has 2 unspecified atom stereocenters. The number of aliphatic hydroxyl groups is 1. The average molecular weight is 158 g/mol. The van der Waals surface area contributed by atoms with E-state index in [1.54, 1.807) is 0 Å². The van der Waals surface area contributed by atoms with Crippen LogP contribution in [-0.2, 0) is 4.79 Å². The van der Waals surface area contributed by atoms with Gasteiger partial charge in [-0.3, -0.25) is 4.79 Å². The van der Waals surface area contributed by atoms with Crippen molar-refractivity contribution in [3.05, 3.63) is 0 Å². The number of carbonyl (C=O) groups is 1. The number of amides is 1. The molecule has 11 heavy (non-hydrogen) atoms. The van der Waals surface area contributed by atoms with E-state index in [9.17, 15) is 9.90 Å². The van der Waals surface area contributed by atoms with Gasteiger partial charge in [-0.2, -0.15) is 0 Å². The summed E-state index contributed by atoms with van der Waals surface area (Å²) in [5, 5.41) is 12.0. The highest BCUT2D eigenvalue weighted by Gasteiger charge is 2.27. The van der Waals surface area contributed by atoms with Crippen molar-refractivity contribution in [3.8, 4) is 0 Å². The minimum atomic E-state index is -0.671. The first-order chi connectivity index (χ1) is 5.25. The van der Waals surface area contributed by atoms with Crippen LogP contribution in [0.1, 0.15) is 12.8 Å². The largest absolute Gasteiger partial charge is 0.391 e. The molecule has 1 aliphatic rings. The molecule has 0 spiro atoms. The zero-order valence-corrected chi connectivity index (χ0v) is 6.42. The van der Waals surface area contributed by atoms with Crippen LogP contribution < -0.4 is 11.1 Å². The van der Waals surface area contributed by atoms with Crippen LogP contribution in [0.3, 0.4) is 0 Å². The summed E-state index contributed by atoms with van der Waals surface area (Å²) < 4.78 is 0. The fourth-order valence-corrected chi connectivity index (χ4v) is 1.33. The van der Waals surface area contributed by atoms with Gasteiger partial charge in [-0.1, -0.05) is 0 Å². The van der Waals surface area contributed by atoms with Crippen molar-refractivity contribution < 1.29 is 9.90 Å². The number of nitrogens with two attached hydrogens (primary N) is 1. The molecule has 2 atom stereocenters. The molecule has 4 N–H and O–H groups in total. The topological polar surface area (TPSA) is 75.3 Å². The van der Waals surface area contributed by atoms with Gasteiger partial charge in [0.05, 0.1) is 12.0 Å². The van der Waals surface area contributed by atoms with Gasteiger partial charge in [0.2, 0.25) is 5.91 Å². The summed E-state index contributed by atoms with van der Waals surface area (Å²) >= 11 is 0. The Hall–Kier alpha value is -0.610. The predicted molar refractivity (Wildman–Crippen MR) is 40.8 cm³/mol. The molecule has 1 rings (SSSR count). The van der Waals surface area contributed by atoms with Crippen molar-refractivity contribution in [1.82, 2.24) is 5.32 Å². The number of hydrogen-bond donors (Lipinski definition) is 3. The van der Waals surface area contributed by atoms with Crippen molar-refractivity contribution >= 4 is 5.91 Å². The van der Waals surface area contributed by atoms with Gasteiger partial charge in [-0.15, -0.1) is 0 Å². The van der Waals surface area contributed by atoms with Crippen LogP contribution in [0.2, 0.25) is 0 Å². The maximum atomic E-state index is 11.1. The first-order valence-corrected chi connectivity index (χ1v) is 3.91. The molecular formula is C7H14N2O2. The minimum Gasteiger partial charge on any atom is -0.391 e. The van der Waals surface area contributed by atoms with Gasteiger partial charge in [0, 0.05) is 13.1 Å². The number of carbonyl (C=O) groups excluding carboxylic acids is 1. The van der Waals surface area contributed by atoms with Crippen molar-refractivity contribution in [3.63, 3.8) is 0 Å². The van der Waals surface area contributed by atoms with E-state index < -0.39 is 6.10 Å². The van der Waals surface area contributed by atoms with Gasteiger partial charge in [0.1, 0.15) is 0 Å². The zero-order chi connectivity index (χ0) is 8.27. The van der Waals surface area contributed by atoms with E-state index in [1.165, 1.54) is 0 Å². The normalized spacial score (nSPS) is 27.8. The predicted octanol–water partition coefficient (Wildman–Crippen LogP) is -1.17. The molecular weight excluding hydrogens is 144 g/mol. The van der Waals surface area contributed by atoms with Crippen molar-refractivity contribution in [2.75, 3.05) is 13.1 Å². The Morgan fingerprint density at radius 3 is 3.09 bits per heavy atom. The molecule has 0 bridgehead atoms. The van der Waals surface area contributed by atoms with Crippen molar-refractivity contribution in [2.45, 2.75) is 18.9 Å². The lowest BCUT2D eigenvalue weighted by atomic mass is 9.93. The lowest BCUT2D eigenvalue weighted by Crippen LogP contribution is -2.44. The fourth-order valence-electron chi connectivity index (χ4n) is 1.33. The van der Waals surface area contributed by atoms with Crippen LogP contribution in [-0.4, -0.2) is 30.2 Å². The Morgan fingerprint density at radius 1 is 1.82 bits per heavy atom. The van der Waals surface area contributed by atoms with E-state index in [4.69, 9.17) is 5.73 Å². The lowest BCUT2D eigenvalue weighted by molar-refractivity contribution is -0.130. The summed E-state index contributed by atoms with van der Waals surface area (Å²) in [6.45, 7) is 0.894. The standard InChI is InChI=1S/C7H14N2O2/c8-4-6(10)5-2-1-3-9-7(5)11/h5-6,10H,1-4,8H2,(H,9,11). The summed E-state index contributed by atoms with van der Waals surface area (Å²) in [5.74, 6) is -0.344. The molecule has 1 aliphatic heterocycles. The van der Waals surface area contributed by atoms with E-state index in [0.717, 1.165) is 19.4 Å². The SMILES string of the molecule is NCC(O)C1CCCNC1=O. The van der Waals surface area contributed by atoms with Crippen molar-refractivity contribution in [2.24, 2.45) is 11.7 Å². The fraction of sp³-hybridized carbons (Fsp3) is 0.857. The molecule has 0 aromatic carbocycles. The van der Waals surface area contributed by atoms with Gasteiger partial charge in [0.25, 0.3) is 0 Å². The summed E-state index contributed by atoms with van der Waals surface area (Å²) in [5.41, 5.74) is 5.24. The van der Waals surface area contributed by atoms with E-state index in [2.05, 4.69) is 5.32 Å². The number of aliphatic hydroxyl groups excluding tert-OH is 1. The monoisotopic (exact) mass is 158 g/mol. The molecule has 4 heteroatoms. The molecule has 0 aromatic rings. The Morgan fingerprint density at radius 2 is 2.55 bits per heavy atom. The Bertz CT molecular complexity index is 149. The molecule has 64 valence electrons. The van der Waals surface area contributed by atoms with Gasteiger partial charge in [0.15, 0.2) is 0 Å². The summed E-state index contributed by atoms with van der Waals surface area (Å²) in [6.07, 6.45) is 1.02. The molecule has 4 nitrogen and oxygen atoms in total. The highest BCUT2D eigenvalue weighted by Crippen LogP contribution is 2.14. The molecule has 1 amide bonds. The quantitative estimate of drug-likeness (QED) is 0.474. The first kappa shape index (κ1) is 8.49. The highest BCUT2D eigenvalue weighted by atomic mass is 16.3. The number of hydrogen-bond acceptors (Lipinski definition) is 3. The van der Waals surface area contributed by atoms with Crippen LogP contribution in [0.15, 0.2) is 0 Å². The maximum Gasteiger partial charge on any atom is 0.225 e. The van der Waals surface area contributed by atoms with E-state index in [-0.39, 0.29) is 18.4 Å². The smallest absolute Gasteiger partial charge is 0.225 e. The maximum absolute atomic E-state index is 11.1. The minimum absolute atomic E-state index is 0.0609. The second-order valence-electron chi connectivity index (χ2n) is 2.84. The third-order valence-corrected chi connectivity index (χ3v) is 2.03. The Labute approximate surface area is 65.8 Å². The summed E-state index contributed by atoms with van der Waals surface area (Å²) in [6, 6.07) is 0. The van der Waals surface area contributed by atoms with E-state index >= 15 is 0 Å². The number of piperidine rings is 1. The van der Waals surface area contributed by atoms with E-state index in [0.29, 0.717) is 0 Å². The van der Waals surface area contributed by atoms with Crippen LogP contribution in [0, 0.1) is 5.92 Å². The average Bonchev–Trinajstić information content (AvgIpc) is 2.04. The summed E-state index contributed by atoms with van der Waals surface area (Å²) in [7, 11) is 0.